The number of hydrogen-bond donors (Lipinski definition) is 0. The van der Waals surface area contributed by atoms with E-state index in [2.05, 4.69) is 30.9 Å². The van der Waals surface area contributed by atoms with Gasteiger partial charge in [0.1, 0.15) is 5.83 Å². The van der Waals surface area contributed by atoms with Gasteiger partial charge in [0.25, 0.3) is 0 Å². The maximum Gasteiger partial charge on any atom is 0.161 e. The van der Waals surface area contributed by atoms with Crippen LogP contribution in [0.3, 0.4) is 0 Å². The summed E-state index contributed by atoms with van der Waals surface area (Å²) in [6.45, 7) is 3.98. The Morgan fingerprint density at radius 1 is 0.792 bits per heavy atom. The first-order valence-electron chi connectivity index (χ1n) is 8.39. The Bertz CT molecular complexity index is 741. The number of halogens is 2. The molecule has 0 unspecified atom stereocenters. The molecule has 2 aromatic rings. The molecule has 0 spiro atoms. The summed E-state index contributed by atoms with van der Waals surface area (Å²) in [5.41, 5.74) is 3.29. The Morgan fingerprint density at radius 3 is 1.83 bits per heavy atom. The van der Waals surface area contributed by atoms with E-state index in [4.69, 9.17) is 0 Å². The molecular formula is C22H22F2. The molecular weight excluding hydrogens is 302 g/mol. The average Bonchev–Trinajstić information content (AvgIpc) is 2.61. The lowest BCUT2D eigenvalue weighted by atomic mass is 10.1. The normalized spacial score (nSPS) is 11.5. The van der Waals surface area contributed by atoms with Crippen molar-refractivity contribution in [1.82, 2.24) is 0 Å². The molecule has 24 heavy (non-hydrogen) atoms. The standard InChI is InChI=1S/C22H22F2/c1-3-5-17-7-9-18(10-8-17)11-12-19-13-15-20(16-14-19)22(24)21(23)6-4-2/h7-10,13-16H,3-6H2,1-2H3/b22-21+. The van der Waals surface area contributed by atoms with E-state index in [1.165, 1.54) is 5.56 Å². The van der Waals surface area contributed by atoms with Crippen molar-refractivity contribution >= 4 is 5.83 Å². The summed E-state index contributed by atoms with van der Waals surface area (Å²) in [4.78, 5) is 0. The van der Waals surface area contributed by atoms with Gasteiger partial charge in [0.15, 0.2) is 5.83 Å². The van der Waals surface area contributed by atoms with Crippen LogP contribution in [0.4, 0.5) is 8.78 Å². The van der Waals surface area contributed by atoms with Gasteiger partial charge in [-0.25, -0.2) is 8.78 Å². The van der Waals surface area contributed by atoms with Gasteiger partial charge in [-0.05, 0) is 42.7 Å². The van der Waals surface area contributed by atoms with Crippen molar-refractivity contribution in [3.05, 3.63) is 76.6 Å². The van der Waals surface area contributed by atoms with Crippen molar-refractivity contribution in [1.29, 1.82) is 0 Å². The molecule has 0 aliphatic carbocycles. The molecule has 2 heteroatoms. The molecule has 0 aromatic heterocycles. The third-order valence-corrected chi connectivity index (χ3v) is 3.69. The van der Waals surface area contributed by atoms with Crippen LogP contribution in [0.1, 0.15) is 55.4 Å². The maximum atomic E-state index is 13.9. The second kappa shape index (κ2) is 9.03. The van der Waals surface area contributed by atoms with Crippen molar-refractivity contribution < 1.29 is 8.78 Å². The monoisotopic (exact) mass is 324 g/mol. The Kier molecular flexibility index (Phi) is 6.75. The summed E-state index contributed by atoms with van der Waals surface area (Å²) in [5.74, 6) is 4.68. The lowest BCUT2D eigenvalue weighted by Crippen LogP contribution is -1.85. The van der Waals surface area contributed by atoms with Crippen molar-refractivity contribution in [3.63, 3.8) is 0 Å². The van der Waals surface area contributed by atoms with Crippen molar-refractivity contribution in [2.45, 2.75) is 39.5 Å². The molecule has 0 nitrogen and oxygen atoms in total. The fourth-order valence-corrected chi connectivity index (χ4v) is 2.37. The van der Waals surface area contributed by atoms with Gasteiger partial charge in [-0.3, -0.25) is 0 Å². The molecule has 0 heterocycles. The molecule has 0 saturated heterocycles. The summed E-state index contributed by atoms with van der Waals surface area (Å²) >= 11 is 0. The zero-order valence-electron chi connectivity index (χ0n) is 14.2. The summed E-state index contributed by atoms with van der Waals surface area (Å²) in [6, 6.07) is 14.8. The van der Waals surface area contributed by atoms with Crippen molar-refractivity contribution in [2.24, 2.45) is 0 Å². The van der Waals surface area contributed by atoms with E-state index >= 15 is 0 Å². The zero-order chi connectivity index (χ0) is 17.4. The predicted molar refractivity (Wildman–Crippen MR) is 96.9 cm³/mol. The van der Waals surface area contributed by atoms with Gasteiger partial charge in [-0.1, -0.05) is 56.4 Å². The minimum Gasteiger partial charge on any atom is -0.209 e. The minimum absolute atomic E-state index is 0.126. The maximum absolute atomic E-state index is 13.9. The van der Waals surface area contributed by atoms with Gasteiger partial charge < -0.3 is 0 Å². The highest BCUT2D eigenvalue weighted by Gasteiger charge is 2.07. The first-order chi connectivity index (χ1) is 11.6. The number of allylic oxidation sites excluding steroid dienone is 1. The van der Waals surface area contributed by atoms with E-state index in [0.717, 1.165) is 24.0 Å². The van der Waals surface area contributed by atoms with Gasteiger partial charge in [-0.15, -0.1) is 0 Å². The van der Waals surface area contributed by atoms with E-state index < -0.39 is 11.7 Å². The van der Waals surface area contributed by atoms with E-state index in [9.17, 15) is 8.78 Å². The molecule has 2 aromatic carbocycles. The second-order valence-electron chi connectivity index (χ2n) is 5.74. The Morgan fingerprint density at radius 2 is 1.33 bits per heavy atom. The number of benzene rings is 2. The molecule has 0 amide bonds. The van der Waals surface area contributed by atoms with Gasteiger partial charge >= 0.3 is 0 Å². The topological polar surface area (TPSA) is 0 Å². The second-order valence-corrected chi connectivity index (χ2v) is 5.74. The molecule has 0 N–H and O–H groups in total. The SMILES string of the molecule is CCC/C(F)=C(\F)c1ccc(C#Cc2ccc(CCC)cc2)cc1. The van der Waals surface area contributed by atoms with Crippen LogP contribution in [0, 0.1) is 11.8 Å². The highest BCUT2D eigenvalue weighted by atomic mass is 19.2. The Balaban J connectivity index is 2.11. The molecule has 0 radical (unpaired) electrons. The molecule has 0 atom stereocenters. The van der Waals surface area contributed by atoms with Crippen LogP contribution in [0.25, 0.3) is 5.83 Å². The molecule has 0 saturated carbocycles. The van der Waals surface area contributed by atoms with E-state index in [-0.39, 0.29) is 12.0 Å². The van der Waals surface area contributed by atoms with Crippen LogP contribution < -0.4 is 0 Å². The summed E-state index contributed by atoms with van der Waals surface area (Å²) < 4.78 is 27.4. The molecule has 0 fully saturated rings. The number of rotatable bonds is 5. The molecule has 0 aliphatic heterocycles. The number of hydrogen-bond acceptors (Lipinski definition) is 0. The highest BCUT2D eigenvalue weighted by molar-refractivity contribution is 5.62. The summed E-state index contributed by atoms with van der Waals surface area (Å²) in [6.07, 6.45) is 2.91. The molecule has 0 aliphatic rings. The first-order valence-corrected chi connectivity index (χ1v) is 8.39. The van der Waals surface area contributed by atoms with Crippen molar-refractivity contribution in [2.75, 3.05) is 0 Å². The molecule has 2 rings (SSSR count). The van der Waals surface area contributed by atoms with E-state index in [1.54, 1.807) is 24.3 Å². The highest BCUT2D eigenvalue weighted by Crippen LogP contribution is 2.24. The van der Waals surface area contributed by atoms with Gasteiger partial charge in [-0.2, -0.15) is 0 Å². The molecule has 124 valence electrons. The zero-order valence-corrected chi connectivity index (χ0v) is 14.2. The quantitative estimate of drug-likeness (QED) is 0.555. The third kappa shape index (κ3) is 5.06. The number of aryl methyl sites for hydroxylation is 1. The lowest BCUT2D eigenvalue weighted by Gasteiger charge is -2.01. The van der Waals surface area contributed by atoms with Gasteiger partial charge in [0, 0.05) is 23.1 Å². The van der Waals surface area contributed by atoms with Crippen LogP contribution in [-0.4, -0.2) is 0 Å². The van der Waals surface area contributed by atoms with Crippen LogP contribution in [0.5, 0.6) is 0 Å². The van der Waals surface area contributed by atoms with Gasteiger partial charge in [0.05, 0.1) is 0 Å². The van der Waals surface area contributed by atoms with Crippen molar-refractivity contribution in [3.8, 4) is 11.8 Å². The fraction of sp³-hybridized carbons (Fsp3) is 0.273. The Hall–Kier alpha value is -2.40. The van der Waals surface area contributed by atoms with E-state index in [0.29, 0.717) is 6.42 Å². The predicted octanol–water partition coefficient (Wildman–Crippen LogP) is 6.45. The van der Waals surface area contributed by atoms with E-state index in [1.807, 2.05) is 19.1 Å². The molecule has 0 bridgehead atoms. The summed E-state index contributed by atoms with van der Waals surface area (Å²) in [7, 11) is 0. The minimum atomic E-state index is -0.775. The first kappa shape index (κ1) is 17.9. The summed E-state index contributed by atoms with van der Waals surface area (Å²) in [5, 5.41) is 0. The van der Waals surface area contributed by atoms with Gasteiger partial charge in [0.2, 0.25) is 0 Å². The third-order valence-electron chi connectivity index (χ3n) is 3.69. The largest absolute Gasteiger partial charge is 0.209 e. The van der Waals surface area contributed by atoms with Crippen LogP contribution in [0.15, 0.2) is 54.4 Å². The Labute approximate surface area is 143 Å². The van der Waals surface area contributed by atoms with Crippen LogP contribution >= 0.6 is 0 Å². The fourth-order valence-electron chi connectivity index (χ4n) is 2.37. The van der Waals surface area contributed by atoms with Crippen LogP contribution in [0.2, 0.25) is 0 Å². The lowest BCUT2D eigenvalue weighted by molar-refractivity contribution is 0.559. The van der Waals surface area contributed by atoms with Crippen LogP contribution in [-0.2, 0) is 6.42 Å². The average molecular weight is 324 g/mol. The smallest absolute Gasteiger partial charge is 0.161 e.